The maximum atomic E-state index is 12.7. The number of carbonyl (C=O) groups is 1. The smallest absolute Gasteiger partial charge is 0.226 e. The highest BCUT2D eigenvalue weighted by Gasteiger charge is 2.46. The van der Waals surface area contributed by atoms with Gasteiger partial charge in [0.15, 0.2) is 0 Å². The maximum absolute atomic E-state index is 12.7. The van der Waals surface area contributed by atoms with Crippen LogP contribution in [0.2, 0.25) is 0 Å². The van der Waals surface area contributed by atoms with Gasteiger partial charge in [-0.05, 0) is 61.6 Å². The maximum Gasteiger partial charge on any atom is 0.226 e. The van der Waals surface area contributed by atoms with Crippen molar-refractivity contribution >= 4 is 5.91 Å². The molecule has 0 aromatic heterocycles. The minimum absolute atomic E-state index is 0.127. The predicted molar refractivity (Wildman–Crippen MR) is 89.4 cm³/mol. The molecular formula is C19H27NO3. The first kappa shape index (κ1) is 16.3. The van der Waals surface area contributed by atoms with Gasteiger partial charge in [-0.25, -0.2) is 0 Å². The van der Waals surface area contributed by atoms with E-state index in [1.807, 2.05) is 30.1 Å². The van der Waals surface area contributed by atoms with E-state index in [0.717, 1.165) is 37.9 Å². The molecule has 0 bridgehead atoms. The van der Waals surface area contributed by atoms with Crippen LogP contribution in [0.4, 0.5) is 0 Å². The lowest BCUT2D eigenvalue weighted by Crippen LogP contribution is -2.40. The van der Waals surface area contributed by atoms with Gasteiger partial charge in [0.25, 0.3) is 0 Å². The van der Waals surface area contributed by atoms with E-state index < -0.39 is 0 Å². The third-order valence-corrected chi connectivity index (χ3v) is 5.60. The SMILES string of the molecule is COc1cccc(C2CC2C(=O)N(C)C2CCC(CO)CC2)c1. The molecule has 4 heteroatoms. The highest BCUT2D eigenvalue weighted by atomic mass is 16.5. The summed E-state index contributed by atoms with van der Waals surface area (Å²) in [4.78, 5) is 14.7. The van der Waals surface area contributed by atoms with Crippen molar-refractivity contribution in [2.45, 2.75) is 44.1 Å². The number of benzene rings is 1. The molecule has 3 rings (SSSR count). The predicted octanol–water partition coefficient (Wildman–Crippen LogP) is 2.81. The Labute approximate surface area is 138 Å². The highest BCUT2D eigenvalue weighted by molar-refractivity contribution is 5.83. The van der Waals surface area contributed by atoms with Gasteiger partial charge >= 0.3 is 0 Å². The molecule has 2 atom stereocenters. The standard InChI is InChI=1S/C19H27NO3/c1-20(15-8-6-13(12-21)7-9-15)19(22)18-11-17(18)14-4-3-5-16(10-14)23-2/h3-5,10,13,15,17-18,21H,6-9,11-12H2,1-2H3. The molecule has 126 valence electrons. The number of amides is 1. The lowest BCUT2D eigenvalue weighted by molar-refractivity contribution is -0.134. The van der Waals surface area contributed by atoms with Gasteiger partial charge < -0.3 is 14.7 Å². The summed E-state index contributed by atoms with van der Waals surface area (Å²) < 4.78 is 5.28. The molecule has 0 aliphatic heterocycles. The van der Waals surface area contributed by atoms with E-state index in [4.69, 9.17) is 4.74 Å². The van der Waals surface area contributed by atoms with Crippen molar-refractivity contribution in [3.8, 4) is 5.75 Å². The van der Waals surface area contributed by atoms with Gasteiger partial charge in [0, 0.05) is 25.6 Å². The number of hydrogen-bond acceptors (Lipinski definition) is 3. The number of methoxy groups -OCH3 is 1. The summed E-state index contributed by atoms with van der Waals surface area (Å²) in [6.45, 7) is 0.283. The number of rotatable bonds is 5. The Bertz CT molecular complexity index is 551. The average molecular weight is 317 g/mol. The third-order valence-electron chi connectivity index (χ3n) is 5.60. The molecule has 2 fully saturated rings. The number of ether oxygens (including phenoxy) is 1. The second-order valence-electron chi connectivity index (χ2n) is 7.03. The van der Waals surface area contributed by atoms with Gasteiger partial charge in [0.05, 0.1) is 7.11 Å². The summed E-state index contributed by atoms with van der Waals surface area (Å²) >= 11 is 0. The molecule has 1 amide bonds. The number of carbonyl (C=O) groups excluding carboxylic acids is 1. The summed E-state index contributed by atoms with van der Waals surface area (Å²) in [7, 11) is 3.62. The van der Waals surface area contributed by atoms with Crippen molar-refractivity contribution in [3.63, 3.8) is 0 Å². The van der Waals surface area contributed by atoms with Crippen LogP contribution in [0, 0.1) is 11.8 Å². The van der Waals surface area contributed by atoms with E-state index in [0.29, 0.717) is 17.9 Å². The van der Waals surface area contributed by atoms with Crippen LogP contribution < -0.4 is 4.74 Å². The second kappa shape index (κ2) is 6.91. The van der Waals surface area contributed by atoms with Crippen molar-refractivity contribution < 1.29 is 14.6 Å². The van der Waals surface area contributed by atoms with Gasteiger partial charge in [-0.15, -0.1) is 0 Å². The minimum atomic E-state index is 0.127. The van der Waals surface area contributed by atoms with Crippen LogP contribution in [-0.2, 0) is 4.79 Å². The lowest BCUT2D eigenvalue weighted by Gasteiger charge is -2.34. The highest BCUT2D eigenvalue weighted by Crippen LogP contribution is 2.49. The minimum Gasteiger partial charge on any atom is -0.497 e. The molecule has 2 aliphatic carbocycles. The van der Waals surface area contributed by atoms with Crippen LogP contribution in [0.1, 0.15) is 43.6 Å². The second-order valence-corrected chi connectivity index (χ2v) is 7.03. The van der Waals surface area contributed by atoms with Crippen molar-refractivity contribution in [1.29, 1.82) is 0 Å². The Hall–Kier alpha value is -1.55. The van der Waals surface area contributed by atoms with Crippen molar-refractivity contribution in [3.05, 3.63) is 29.8 Å². The zero-order valence-corrected chi connectivity index (χ0v) is 14.1. The first-order valence-electron chi connectivity index (χ1n) is 8.65. The van der Waals surface area contributed by atoms with E-state index in [9.17, 15) is 9.90 Å². The Morgan fingerprint density at radius 3 is 2.70 bits per heavy atom. The molecule has 23 heavy (non-hydrogen) atoms. The summed E-state index contributed by atoms with van der Waals surface area (Å²) in [6, 6.07) is 8.41. The Kier molecular flexibility index (Phi) is 4.90. The average Bonchev–Trinajstić information content (AvgIpc) is 3.41. The van der Waals surface area contributed by atoms with Crippen molar-refractivity contribution in [2.75, 3.05) is 20.8 Å². The van der Waals surface area contributed by atoms with E-state index in [1.165, 1.54) is 5.56 Å². The number of aliphatic hydroxyl groups excluding tert-OH is 1. The molecule has 1 N–H and O–H groups in total. The normalized spacial score (nSPS) is 29.9. The number of aliphatic hydroxyl groups is 1. The molecule has 4 nitrogen and oxygen atoms in total. The van der Waals surface area contributed by atoms with Crippen LogP contribution in [-0.4, -0.2) is 42.7 Å². The Morgan fingerprint density at radius 1 is 1.30 bits per heavy atom. The number of hydrogen-bond donors (Lipinski definition) is 1. The fourth-order valence-electron chi connectivity index (χ4n) is 3.86. The van der Waals surface area contributed by atoms with Gasteiger partial charge in [-0.3, -0.25) is 4.79 Å². The van der Waals surface area contributed by atoms with Gasteiger partial charge in [-0.1, -0.05) is 12.1 Å². The van der Waals surface area contributed by atoms with Gasteiger partial charge in [0.2, 0.25) is 5.91 Å². The molecular weight excluding hydrogens is 290 g/mol. The van der Waals surface area contributed by atoms with E-state index >= 15 is 0 Å². The zero-order valence-electron chi connectivity index (χ0n) is 14.1. The first-order valence-corrected chi connectivity index (χ1v) is 8.65. The summed E-state index contributed by atoms with van der Waals surface area (Å²) in [5.74, 6) is 2.04. The van der Waals surface area contributed by atoms with Crippen LogP contribution in [0.5, 0.6) is 5.75 Å². The molecule has 2 aliphatic rings. The van der Waals surface area contributed by atoms with E-state index in [1.54, 1.807) is 7.11 Å². The third kappa shape index (κ3) is 3.52. The molecule has 0 spiro atoms. The first-order chi connectivity index (χ1) is 11.1. The van der Waals surface area contributed by atoms with Gasteiger partial charge in [-0.2, -0.15) is 0 Å². The van der Waals surface area contributed by atoms with Crippen LogP contribution in [0.15, 0.2) is 24.3 Å². The zero-order chi connectivity index (χ0) is 16.4. The van der Waals surface area contributed by atoms with E-state index in [-0.39, 0.29) is 18.4 Å². The Morgan fingerprint density at radius 2 is 2.04 bits per heavy atom. The largest absolute Gasteiger partial charge is 0.497 e. The van der Waals surface area contributed by atoms with Crippen LogP contribution in [0.25, 0.3) is 0 Å². The summed E-state index contributed by atoms with van der Waals surface area (Å²) in [6.07, 6.45) is 5.04. The molecule has 1 aromatic rings. The molecule has 0 heterocycles. The molecule has 0 saturated heterocycles. The fourth-order valence-corrected chi connectivity index (χ4v) is 3.86. The monoisotopic (exact) mass is 317 g/mol. The topological polar surface area (TPSA) is 49.8 Å². The molecule has 1 aromatic carbocycles. The van der Waals surface area contributed by atoms with Crippen LogP contribution in [0.3, 0.4) is 0 Å². The lowest BCUT2D eigenvalue weighted by atomic mass is 9.86. The van der Waals surface area contributed by atoms with Crippen molar-refractivity contribution in [1.82, 2.24) is 4.90 Å². The summed E-state index contributed by atoms with van der Waals surface area (Å²) in [5, 5.41) is 9.24. The molecule has 2 saturated carbocycles. The van der Waals surface area contributed by atoms with E-state index in [2.05, 4.69) is 6.07 Å². The quantitative estimate of drug-likeness (QED) is 0.908. The summed E-state index contributed by atoms with van der Waals surface area (Å²) in [5.41, 5.74) is 1.21. The van der Waals surface area contributed by atoms with Gasteiger partial charge in [0.1, 0.15) is 5.75 Å². The van der Waals surface area contributed by atoms with Crippen molar-refractivity contribution in [2.24, 2.45) is 11.8 Å². The molecule has 2 unspecified atom stereocenters. The number of nitrogens with zero attached hydrogens (tertiary/aromatic N) is 1. The fraction of sp³-hybridized carbons (Fsp3) is 0.632. The molecule has 0 radical (unpaired) electrons. The Balaban J connectivity index is 1.57. The van der Waals surface area contributed by atoms with Crippen LogP contribution >= 0.6 is 0 Å².